The first kappa shape index (κ1) is 21.6. The highest BCUT2D eigenvalue weighted by Gasteiger charge is 2.32. The number of hydrogen-bond donors (Lipinski definition) is 0. The van der Waals surface area contributed by atoms with Crippen LogP contribution in [0, 0.1) is 6.92 Å². The van der Waals surface area contributed by atoms with Gasteiger partial charge in [-0.25, -0.2) is 9.99 Å². The zero-order valence-corrected chi connectivity index (χ0v) is 20.2. The molecule has 1 atom stereocenters. The molecular weight excluding hydrogens is 450 g/mol. The minimum atomic E-state index is 0.0576. The van der Waals surface area contributed by atoms with Gasteiger partial charge >= 0.3 is 0 Å². The molecule has 6 rings (SSSR count). The Morgan fingerprint density at radius 2 is 1.49 bits per heavy atom. The summed E-state index contributed by atoms with van der Waals surface area (Å²) in [7, 11) is 0. The first-order valence-corrected chi connectivity index (χ1v) is 12.2. The summed E-state index contributed by atoms with van der Waals surface area (Å²) in [5.74, 6) is 0.865. The van der Waals surface area contributed by atoms with Crippen LogP contribution < -0.4 is 5.01 Å². The Kier molecular flexibility index (Phi) is 5.55. The predicted octanol–water partition coefficient (Wildman–Crippen LogP) is 8.22. The molecule has 0 amide bonds. The van der Waals surface area contributed by atoms with Gasteiger partial charge in [0.25, 0.3) is 0 Å². The first-order chi connectivity index (χ1) is 17.2. The SMILES string of the molecule is Cc1ccc(C2CC(c3ccccc3)=NN2c2nc(-c3ccc(Cl)cc3)cc3ccccc23)cc1. The van der Waals surface area contributed by atoms with E-state index in [0.29, 0.717) is 5.02 Å². The topological polar surface area (TPSA) is 28.5 Å². The molecule has 0 saturated carbocycles. The minimum Gasteiger partial charge on any atom is -0.239 e. The Morgan fingerprint density at radius 3 is 2.26 bits per heavy atom. The summed E-state index contributed by atoms with van der Waals surface area (Å²) in [6, 6.07) is 37.6. The molecular formula is C31H24ClN3. The molecule has 4 heteroatoms. The van der Waals surface area contributed by atoms with Gasteiger partial charge in [-0.3, -0.25) is 0 Å². The molecule has 5 aromatic rings. The third kappa shape index (κ3) is 4.20. The average molecular weight is 474 g/mol. The quantitative estimate of drug-likeness (QED) is 0.263. The van der Waals surface area contributed by atoms with Crippen LogP contribution in [0.4, 0.5) is 5.82 Å². The molecule has 170 valence electrons. The van der Waals surface area contributed by atoms with E-state index in [9.17, 15) is 0 Å². The summed E-state index contributed by atoms with van der Waals surface area (Å²) < 4.78 is 0. The van der Waals surface area contributed by atoms with E-state index in [0.717, 1.165) is 45.5 Å². The van der Waals surface area contributed by atoms with Gasteiger partial charge in [-0.05, 0) is 41.6 Å². The van der Waals surface area contributed by atoms with Gasteiger partial charge < -0.3 is 0 Å². The standard InChI is InChI=1S/C31H24ClN3/c1-21-11-13-24(14-12-21)30-20-29(22-7-3-2-4-8-22)34-35(30)31-27-10-6-5-9-25(27)19-28(33-31)23-15-17-26(32)18-16-23/h2-19,30H,20H2,1H3. The molecule has 1 aliphatic heterocycles. The third-order valence-electron chi connectivity index (χ3n) is 6.56. The van der Waals surface area contributed by atoms with Crippen LogP contribution in [0.5, 0.6) is 0 Å². The van der Waals surface area contributed by atoms with E-state index in [4.69, 9.17) is 21.7 Å². The maximum absolute atomic E-state index is 6.15. The van der Waals surface area contributed by atoms with E-state index in [1.54, 1.807) is 0 Å². The number of hydrogen-bond acceptors (Lipinski definition) is 3. The van der Waals surface area contributed by atoms with Crippen molar-refractivity contribution >= 4 is 33.9 Å². The van der Waals surface area contributed by atoms with Crippen molar-refractivity contribution in [1.29, 1.82) is 0 Å². The molecule has 35 heavy (non-hydrogen) atoms. The van der Waals surface area contributed by atoms with Crippen molar-refractivity contribution in [2.75, 3.05) is 5.01 Å². The maximum atomic E-state index is 6.15. The fraction of sp³-hybridized carbons (Fsp3) is 0.0968. The van der Waals surface area contributed by atoms with Crippen molar-refractivity contribution in [2.24, 2.45) is 5.10 Å². The molecule has 0 N–H and O–H groups in total. The minimum absolute atomic E-state index is 0.0576. The van der Waals surface area contributed by atoms with Crippen LogP contribution in [-0.2, 0) is 0 Å². The van der Waals surface area contributed by atoms with Crippen molar-refractivity contribution in [3.05, 3.63) is 131 Å². The van der Waals surface area contributed by atoms with Crippen LogP contribution in [0.25, 0.3) is 22.0 Å². The lowest BCUT2D eigenvalue weighted by Gasteiger charge is -2.25. The van der Waals surface area contributed by atoms with Crippen molar-refractivity contribution in [3.63, 3.8) is 0 Å². The summed E-state index contributed by atoms with van der Waals surface area (Å²) in [5.41, 5.74) is 6.62. The second-order valence-electron chi connectivity index (χ2n) is 8.95. The summed E-state index contributed by atoms with van der Waals surface area (Å²) >= 11 is 6.15. The number of benzene rings is 4. The molecule has 0 bridgehead atoms. The highest BCUT2D eigenvalue weighted by Crippen LogP contribution is 2.40. The molecule has 0 saturated heterocycles. The van der Waals surface area contributed by atoms with E-state index < -0.39 is 0 Å². The lowest BCUT2D eigenvalue weighted by atomic mass is 9.97. The smallest absolute Gasteiger partial charge is 0.157 e. The van der Waals surface area contributed by atoms with Crippen molar-refractivity contribution < 1.29 is 0 Å². The highest BCUT2D eigenvalue weighted by atomic mass is 35.5. The monoisotopic (exact) mass is 473 g/mol. The van der Waals surface area contributed by atoms with Gasteiger partial charge in [0.15, 0.2) is 5.82 Å². The largest absolute Gasteiger partial charge is 0.239 e. The Balaban J connectivity index is 1.54. The molecule has 1 unspecified atom stereocenters. The summed E-state index contributed by atoms with van der Waals surface area (Å²) in [5, 5.41) is 10.2. The number of halogens is 1. The van der Waals surface area contributed by atoms with Crippen molar-refractivity contribution in [2.45, 2.75) is 19.4 Å². The van der Waals surface area contributed by atoms with E-state index in [2.05, 4.69) is 90.8 Å². The molecule has 3 nitrogen and oxygen atoms in total. The zero-order chi connectivity index (χ0) is 23.8. The van der Waals surface area contributed by atoms with Crippen LogP contribution in [0.15, 0.2) is 114 Å². The molecule has 0 spiro atoms. The Bertz CT molecular complexity index is 1520. The Labute approximate surface area is 210 Å². The van der Waals surface area contributed by atoms with E-state index in [-0.39, 0.29) is 6.04 Å². The molecule has 1 aromatic heterocycles. The van der Waals surface area contributed by atoms with Gasteiger partial charge in [-0.15, -0.1) is 0 Å². The number of aryl methyl sites for hydroxylation is 1. The third-order valence-corrected chi connectivity index (χ3v) is 6.81. The normalized spacial score (nSPS) is 15.4. The van der Waals surface area contributed by atoms with Crippen LogP contribution in [0.2, 0.25) is 5.02 Å². The van der Waals surface area contributed by atoms with Gasteiger partial charge in [-0.2, -0.15) is 5.10 Å². The Hall–Kier alpha value is -3.95. The molecule has 0 aliphatic carbocycles. The van der Waals surface area contributed by atoms with Crippen LogP contribution in [-0.4, -0.2) is 10.7 Å². The summed E-state index contributed by atoms with van der Waals surface area (Å²) in [4.78, 5) is 5.18. The zero-order valence-electron chi connectivity index (χ0n) is 19.4. The second kappa shape index (κ2) is 9.01. The molecule has 1 aliphatic rings. The van der Waals surface area contributed by atoms with Gasteiger partial charge in [0.1, 0.15) is 0 Å². The Morgan fingerprint density at radius 1 is 0.771 bits per heavy atom. The van der Waals surface area contributed by atoms with Gasteiger partial charge in [-0.1, -0.05) is 108 Å². The molecule has 4 aromatic carbocycles. The number of aromatic nitrogens is 1. The van der Waals surface area contributed by atoms with E-state index >= 15 is 0 Å². The average Bonchev–Trinajstić information content (AvgIpc) is 3.35. The molecule has 0 fully saturated rings. The lowest BCUT2D eigenvalue weighted by Crippen LogP contribution is -2.20. The summed E-state index contributed by atoms with van der Waals surface area (Å²) in [6.45, 7) is 2.12. The van der Waals surface area contributed by atoms with Gasteiger partial charge in [0, 0.05) is 22.4 Å². The number of fused-ring (bicyclic) bond motifs is 1. The van der Waals surface area contributed by atoms with Crippen molar-refractivity contribution in [3.8, 4) is 11.3 Å². The van der Waals surface area contributed by atoms with Gasteiger partial charge in [0.2, 0.25) is 0 Å². The maximum Gasteiger partial charge on any atom is 0.157 e. The van der Waals surface area contributed by atoms with Crippen LogP contribution in [0.3, 0.4) is 0 Å². The second-order valence-corrected chi connectivity index (χ2v) is 9.38. The number of nitrogens with zero attached hydrogens (tertiary/aromatic N) is 3. The molecule has 0 radical (unpaired) electrons. The number of rotatable bonds is 4. The fourth-order valence-electron chi connectivity index (χ4n) is 4.68. The highest BCUT2D eigenvalue weighted by molar-refractivity contribution is 6.30. The van der Waals surface area contributed by atoms with Crippen LogP contribution >= 0.6 is 11.6 Å². The van der Waals surface area contributed by atoms with Crippen molar-refractivity contribution in [1.82, 2.24) is 4.98 Å². The number of hydrazone groups is 1. The van der Waals surface area contributed by atoms with E-state index in [1.165, 1.54) is 11.1 Å². The summed E-state index contributed by atoms with van der Waals surface area (Å²) in [6.07, 6.45) is 0.814. The number of anilines is 1. The first-order valence-electron chi connectivity index (χ1n) is 11.8. The van der Waals surface area contributed by atoms with Crippen LogP contribution in [0.1, 0.15) is 29.2 Å². The lowest BCUT2D eigenvalue weighted by molar-refractivity contribution is 0.702. The number of pyridine rings is 1. The van der Waals surface area contributed by atoms with Gasteiger partial charge in [0.05, 0.1) is 17.4 Å². The molecule has 2 heterocycles. The predicted molar refractivity (Wildman–Crippen MR) is 146 cm³/mol. The fourth-order valence-corrected chi connectivity index (χ4v) is 4.81. The van der Waals surface area contributed by atoms with E-state index in [1.807, 2.05) is 30.3 Å².